The van der Waals surface area contributed by atoms with Crippen LogP contribution in [0.15, 0.2) is 16.3 Å². The van der Waals surface area contributed by atoms with Crippen LogP contribution in [0.25, 0.3) is 0 Å². The maximum atomic E-state index is 12.8. The van der Waals surface area contributed by atoms with E-state index >= 15 is 0 Å². The summed E-state index contributed by atoms with van der Waals surface area (Å²) in [6, 6.07) is 3.72. The Kier molecular flexibility index (Phi) is 5.13. The monoisotopic (exact) mass is 330 g/mol. The first kappa shape index (κ1) is 16.9. The lowest BCUT2D eigenvalue weighted by atomic mass is 9.95. The van der Waals surface area contributed by atoms with Gasteiger partial charge in [0, 0.05) is 18.0 Å². The largest absolute Gasteiger partial charge is 0.319 e. The third-order valence-corrected chi connectivity index (χ3v) is 7.73. The topological polar surface area (TPSA) is 49.4 Å². The van der Waals surface area contributed by atoms with Crippen LogP contribution in [0.1, 0.15) is 38.5 Å². The highest BCUT2D eigenvalue weighted by atomic mass is 32.2. The lowest BCUT2D eigenvalue weighted by Gasteiger charge is -2.31. The highest BCUT2D eigenvalue weighted by Gasteiger charge is 2.31. The first-order valence-electron chi connectivity index (χ1n) is 7.50. The lowest BCUT2D eigenvalue weighted by molar-refractivity contribution is 0.264. The minimum Gasteiger partial charge on any atom is -0.319 e. The number of rotatable bonds is 4. The zero-order chi connectivity index (χ0) is 15.7. The van der Waals surface area contributed by atoms with Gasteiger partial charge in [0.1, 0.15) is 4.21 Å². The van der Waals surface area contributed by atoms with Crippen molar-refractivity contribution in [2.24, 2.45) is 5.92 Å². The van der Waals surface area contributed by atoms with E-state index in [1.807, 2.05) is 13.1 Å². The Labute approximate surface area is 132 Å². The molecular formula is C15H26N2O2S2. The molecule has 0 saturated carbocycles. The molecule has 0 aliphatic carbocycles. The highest BCUT2D eigenvalue weighted by molar-refractivity contribution is 7.91. The van der Waals surface area contributed by atoms with Crippen LogP contribution in [-0.4, -0.2) is 39.4 Å². The summed E-state index contributed by atoms with van der Waals surface area (Å²) in [4.78, 5) is 1.12. The smallest absolute Gasteiger partial charge is 0.252 e. The molecule has 0 aromatic carbocycles. The van der Waals surface area contributed by atoms with E-state index in [1.165, 1.54) is 11.3 Å². The number of nitrogens with one attached hydrogen (secondary N) is 1. The normalized spacial score (nSPS) is 21.6. The first-order chi connectivity index (χ1) is 9.75. The highest BCUT2D eigenvalue weighted by Crippen LogP contribution is 2.34. The maximum absolute atomic E-state index is 12.8. The number of sulfonamides is 1. The molecule has 0 spiro atoms. The summed E-state index contributed by atoms with van der Waals surface area (Å²) in [5.74, 6) is 0.417. The van der Waals surface area contributed by atoms with Crippen molar-refractivity contribution in [1.29, 1.82) is 0 Å². The summed E-state index contributed by atoms with van der Waals surface area (Å²) < 4.78 is 27.7. The van der Waals surface area contributed by atoms with E-state index in [-0.39, 0.29) is 5.41 Å². The number of piperidine rings is 1. The molecule has 1 fully saturated rings. The van der Waals surface area contributed by atoms with Crippen LogP contribution >= 0.6 is 11.3 Å². The molecule has 21 heavy (non-hydrogen) atoms. The van der Waals surface area contributed by atoms with Crippen LogP contribution < -0.4 is 5.32 Å². The molecule has 1 saturated heterocycles. The number of hydrogen-bond acceptors (Lipinski definition) is 4. The van der Waals surface area contributed by atoms with Crippen molar-refractivity contribution in [3.05, 3.63) is 17.0 Å². The average molecular weight is 331 g/mol. The van der Waals surface area contributed by atoms with Gasteiger partial charge in [0.05, 0.1) is 0 Å². The molecule has 2 rings (SSSR count). The van der Waals surface area contributed by atoms with E-state index in [2.05, 4.69) is 26.1 Å². The molecule has 0 radical (unpaired) electrons. The molecule has 0 amide bonds. The Morgan fingerprint density at radius 1 is 1.38 bits per heavy atom. The quantitative estimate of drug-likeness (QED) is 0.923. The van der Waals surface area contributed by atoms with Crippen molar-refractivity contribution < 1.29 is 8.42 Å². The van der Waals surface area contributed by atoms with Gasteiger partial charge in [0.25, 0.3) is 10.0 Å². The second kappa shape index (κ2) is 6.36. The molecule has 1 aromatic rings. The molecule has 1 atom stereocenters. The third kappa shape index (κ3) is 3.86. The minimum absolute atomic E-state index is 0.00496. The van der Waals surface area contributed by atoms with Crippen molar-refractivity contribution in [1.82, 2.24) is 9.62 Å². The van der Waals surface area contributed by atoms with Gasteiger partial charge in [0.2, 0.25) is 0 Å². The van der Waals surface area contributed by atoms with Crippen molar-refractivity contribution in [2.45, 2.75) is 43.2 Å². The molecule has 1 aliphatic heterocycles. The van der Waals surface area contributed by atoms with Gasteiger partial charge in [-0.2, -0.15) is 4.31 Å². The molecule has 4 nitrogen and oxygen atoms in total. The number of hydrogen-bond donors (Lipinski definition) is 1. The summed E-state index contributed by atoms with van der Waals surface area (Å²) >= 11 is 1.41. The third-order valence-electron chi connectivity index (χ3n) is 3.89. The summed E-state index contributed by atoms with van der Waals surface area (Å²) in [7, 11) is -1.41. The van der Waals surface area contributed by atoms with Gasteiger partial charge in [-0.3, -0.25) is 0 Å². The van der Waals surface area contributed by atoms with E-state index in [0.717, 1.165) is 24.3 Å². The Morgan fingerprint density at radius 3 is 2.67 bits per heavy atom. The summed E-state index contributed by atoms with van der Waals surface area (Å²) in [5.41, 5.74) is -0.00496. The fourth-order valence-corrected chi connectivity index (χ4v) is 5.76. The molecular weight excluding hydrogens is 304 g/mol. The fraction of sp³-hybridized carbons (Fsp3) is 0.733. The van der Waals surface area contributed by atoms with E-state index in [9.17, 15) is 8.42 Å². The molecule has 6 heteroatoms. The van der Waals surface area contributed by atoms with E-state index in [1.54, 1.807) is 10.4 Å². The molecule has 2 heterocycles. The summed E-state index contributed by atoms with van der Waals surface area (Å²) in [6.07, 6.45) is 2.05. The summed E-state index contributed by atoms with van der Waals surface area (Å²) in [5, 5.41) is 3.15. The molecule has 1 aliphatic rings. The SMILES string of the molecule is CNCC1CCCN(S(=O)(=O)c2ccc(C(C)(C)C)s2)C1. The Hall–Kier alpha value is -0.430. The maximum Gasteiger partial charge on any atom is 0.252 e. The van der Waals surface area contributed by atoms with Gasteiger partial charge in [-0.25, -0.2) is 8.42 Å². The zero-order valence-electron chi connectivity index (χ0n) is 13.3. The molecule has 1 aromatic heterocycles. The van der Waals surface area contributed by atoms with E-state index in [0.29, 0.717) is 23.2 Å². The van der Waals surface area contributed by atoms with Crippen molar-refractivity contribution in [3.8, 4) is 0 Å². The Bertz CT molecular complexity index is 571. The van der Waals surface area contributed by atoms with E-state index in [4.69, 9.17) is 0 Å². The van der Waals surface area contributed by atoms with Crippen LogP contribution in [-0.2, 0) is 15.4 Å². The predicted octanol–water partition coefficient (Wildman–Crippen LogP) is 2.67. The second-order valence-corrected chi connectivity index (χ2v) is 10.0. The lowest BCUT2D eigenvalue weighted by Crippen LogP contribution is -2.42. The van der Waals surface area contributed by atoms with E-state index < -0.39 is 10.0 Å². The molecule has 1 unspecified atom stereocenters. The Morgan fingerprint density at radius 2 is 2.10 bits per heavy atom. The molecule has 120 valence electrons. The first-order valence-corrected chi connectivity index (χ1v) is 9.76. The van der Waals surface area contributed by atoms with Crippen LogP contribution in [0.5, 0.6) is 0 Å². The second-order valence-electron chi connectivity index (χ2n) is 6.80. The molecule has 0 bridgehead atoms. The van der Waals surface area contributed by atoms with Gasteiger partial charge in [-0.05, 0) is 49.9 Å². The molecule has 1 N–H and O–H groups in total. The number of thiophene rings is 1. The summed E-state index contributed by atoms with van der Waals surface area (Å²) in [6.45, 7) is 8.48. The van der Waals surface area contributed by atoms with Gasteiger partial charge >= 0.3 is 0 Å². The van der Waals surface area contributed by atoms with Gasteiger partial charge in [-0.1, -0.05) is 20.8 Å². The van der Waals surface area contributed by atoms with Crippen molar-refractivity contribution >= 4 is 21.4 Å². The Balaban J connectivity index is 2.19. The number of nitrogens with zero attached hydrogens (tertiary/aromatic N) is 1. The van der Waals surface area contributed by atoms with Gasteiger partial charge in [0.15, 0.2) is 0 Å². The van der Waals surface area contributed by atoms with Crippen molar-refractivity contribution in [2.75, 3.05) is 26.7 Å². The predicted molar refractivity (Wildman–Crippen MR) is 88.4 cm³/mol. The average Bonchev–Trinajstić information content (AvgIpc) is 2.89. The standard InChI is InChI=1S/C15H26N2O2S2/c1-15(2,3)13-7-8-14(20-13)21(18,19)17-9-5-6-12(11-17)10-16-4/h7-8,12,16H,5-6,9-11H2,1-4H3. The zero-order valence-corrected chi connectivity index (χ0v) is 15.0. The van der Waals surface area contributed by atoms with Crippen LogP contribution in [0.2, 0.25) is 0 Å². The minimum atomic E-state index is -3.33. The van der Waals surface area contributed by atoms with Gasteiger partial charge in [-0.15, -0.1) is 11.3 Å². The van der Waals surface area contributed by atoms with Gasteiger partial charge < -0.3 is 5.32 Å². The fourth-order valence-electron chi connectivity index (χ4n) is 2.69. The van der Waals surface area contributed by atoms with Crippen LogP contribution in [0.3, 0.4) is 0 Å². The van der Waals surface area contributed by atoms with Crippen LogP contribution in [0.4, 0.5) is 0 Å². The van der Waals surface area contributed by atoms with Crippen molar-refractivity contribution in [3.63, 3.8) is 0 Å². The van der Waals surface area contributed by atoms with Crippen LogP contribution in [0, 0.1) is 5.92 Å².